The molecule has 2 aromatic rings. The zero-order chi connectivity index (χ0) is 22.2. The second-order valence-electron chi connectivity index (χ2n) is 4.84. The smallest absolute Gasteiger partial charge is 0.506 e. The Hall–Kier alpha value is -1.47. The highest BCUT2D eigenvalue weighted by molar-refractivity contribution is 14.1. The van der Waals surface area contributed by atoms with Crippen LogP contribution in [-0.2, 0) is 0 Å². The summed E-state index contributed by atoms with van der Waals surface area (Å²) in [6.07, 6.45) is -9.46. The van der Waals surface area contributed by atoms with E-state index < -0.39 is 18.5 Å². The quantitative estimate of drug-likeness (QED) is 0.236. The third kappa shape index (κ3) is 10.8. The molecule has 0 spiro atoms. The number of hydrogen-bond acceptors (Lipinski definition) is 4. The number of aromatic hydroxyl groups is 1. The number of hydrogen-bond donors (Lipinski definition) is 1. The number of phenolic OH excluding ortho intramolecular Hbond substituents is 1. The monoisotopic (exact) mass is 578 g/mol. The largest absolute Gasteiger partial charge is 0.573 e. The summed E-state index contributed by atoms with van der Waals surface area (Å²) in [5, 5.41) is 8.77. The van der Waals surface area contributed by atoms with Crippen molar-refractivity contribution in [2.24, 2.45) is 0 Å². The minimum Gasteiger partial charge on any atom is -0.506 e. The van der Waals surface area contributed by atoms with Gasteiger partial charge in [0, 0.05) is 16.6 Å². The Balaban J connectivity index is 0.000000296. The Morgan fingerprint density at radius 2 is 1.31 bits per heavy atom. The van der Waals surface area contributed by atoms with Crippen LogP contribution in [0.4, 0.5) is 26.3 Å². The molecule has 0 aliphatic carbocycles. The van der Waals surface area contributed by atoms with Crippen molar-refractivity contribution in [1.82, 2.24) is 0 Å². The van der Waals surface area contributed by atoms with Gasteiger partial charge in [-0.25, -0.2) is 0 Å². The van der Waals surface area contributed by atoms with Crippen molar-refractivity contribution in [3.63, 3.8) is 0 Å². The Morgan fingerprint density at radius 1 is 0.828 bits per heavy atom. The van der Waals surface area contributed by atoms with Gasteiger partial charge in [0.2, 0.25) is 0 Å². The molecule has 0 aliphatic rings. The molecule has 0 saturated carbocycles. The second kappa shape index (κ2) is 11.1. The van der Waals surface area contributed by atoms with Gasteiger partial charge < -0.3 is 19.3 Å². The van der Waals surface area contributed by atoms with Crippen molar-refractivity contribution in [2.75, 3.05) is 11.0 Å². The number of halogens is 9. The minimum atomic E-state index is -4.75. The van der Waals surface area contributed by atoms with Crippen LogP contribution in [-0.4, -0.2) is 28.9 Å². The molecule has 0 bridgehead atoms. The number of benzene rings is 2. The minimum absolute atomic E-state index is 0.0894. The van der Waals surface area contributed by atoms with Crippen molar-refractivity contribution in [1.29, 1.82) is 0 Å². The van der Waals surface area contributed by atoms with Gasteiger partial charge in [0.05, 0.1) is 16.7 Å². The fraction of sp³-hybridized carbons (Fsp3) is 0.250. The molecule has 0 saturated heterocycles. The molecule has 2 rings (SSSR count). The van der Waals surface area contributed by atoms with E-state index in [4.69, 9.17) is 33.0 Å². The number of phenols is 1. The number of alkyl halides is 7. The van der Waals surface area contributed by atoms with Crippen LogP contribution in [0.3, 0.4) is 0 Å². The topological polar surface area (TPSA) is 47.9 Å². The lowest BCUT2D eigenvalue weighted by Gasteiger charge is -2.11. The van der Waals surface area contributed by atoms with Crippen LogP contribution in [0.2, 0.25) is 10.0 Å². The maximum atomic E-state index is 11.9. The maximum Gasteiger partial charge on any atom is 0.573 e. The molecule has 0 unspecified atom stereocenters. The first-order valence-corrected chi connectivity index (χ1v) is 9.57. The maximum absolute atomic E-state index is 11.9. The molecule has 1 N–H and O–H groups in total. The second-order valence-corrected chi connectivity index (χ2v) is 6.73. The highest BCUT2D eigenvalue weighted by atomic mass is 127. The lowest BCUT2D eigenvalue weighted by molar-refractivity contribution is -0.275. The lowest BCUT2D eigenvalue weighted by atomic mass is 10.3. The zero-order valence-corrected chi connectivity index (χ0v) is 17.6. The predicted molar refractivity (Wildman–Crippen MR) is 102 cm³/mol. The average molecular weight is 579 g/mol. The number of rotatable bonds is 5. The van der Waals surface area contributed by atoms with Crippen molar-refractivity contribution in [2.45, 2.75) is 12.7 Å². The standard InChI is InChI=1S/C9H7ClF3IO2.C7H4ClF3O2/c10-7-5-6(16-9(11,12)13)1-2-8(7)15-4-3-14;8-5-3-4(1-2-6(5)12)13-7(9,10)11/h1-2,5H,3-4H2;1-3,12H. The van der Waals surface area contributed by atoms with Crippen LogP contribution < -0.4 is 14.2 Å². The van der Waals surface area contributed by atoms with Crippen LogP contribution in [0.5, 0.6) is 23.0 Å². The van der Waals surface area contributed by atoms with E-state index in [0.29, 0.717) is 12.4 Å². The van der Waals surface area contributed by atoms with Gasteiger partial charge in [-0.2, -0.15) is 0 Å². The first kappa shape index (κ1) is 25.6. The Kier molecular flexibility index (Phi) is 9.76. The third-order valence-corrected chi connectivity index (χ3v) is 3.66. The van der Waals surface area contributed by atoms with Crippen LogP contribution in [0.15, 0.2) is 36.4 Å². The molecule has 0 atom stereocenters. The molecular weight excluding hydrogens is 568 g/mol. The van der Waals surface area contributed by atoms with Gasteiger partial charge in [0.1, 0.15) is 23.0 Å². The lowest BCUT2D eigenvalue weighted by Crippen LogP contribution is -2.17. The van der Waals surface area contributed by atoms with E-state index in [1.165, 1.54) is 6.07 Å². The van der Waals surface area contributed by atoms with Crippen molar-refractivity contribution in [3.05, 3.63) is 46.4 Å². The molecule has 0 amide bonds. The fourth-order valence-corrected chi connectivity index (χ4v) is 2.24. The first-order valence-electron chi connectivity index (χ1n) is 7.29. The SMILES string of the molecule is FC(F)(F)Oc1ccc(OCCI)c(Cl)c1.Oc1ccc(OC(F)(F)F)cc1Cl. The van der Waals surface area contributed by atoms with Crippen LogP contribution in [0.1, 0.15) is 0 Å². The van der Waals surface area contributed by atoms with E-state index >= 15 is 0 Å². The van der Waals surface area contributed by atoms with Crippen LogP contribution in [0.25, 0.3) is 0 Å². The molecule has 0 fully saturated rings. The highest BCUT2D eigenvalue weighted by Crippen LogP contribution is 2.32. The van der Waals surface area contributed by atoms with Crippen molar-refractivity contribution in [3.8, 4) is 23.0 Å². The molecule has 0 radical (unpaired) electrons. The molecule has 29 heavy (non-hydrogen) atoms. The summed E-state index contributed by atoms with van der Waals surface area (Å²) in [6.45, 7) is 0.444. The Labute approximate surface area is 184 Å². The molecule has 0 aromatic heterocycles. The Morgan fingerprint density at radius 3 is 1.72 bits per heavy atom. The van der Waals surface area contributed by atoms with Gasteiger partial charge in [0.15, 0.2) is 0 Å². The van der Waals surface area contributed by atoms with Crippen LogP contribution >= 0.6 is 45.8 Å². The van der Waals surface area contributed by atoms with Gasteiger partial charge in [-0.15, -0.1) is 26.3 Å². The predicted octanol–water partition coefficient (Wildman–Crippen LogP) is 7.00. The summed E-state index contributed by atoms with van der Waals surface area (Å²) < 4.78 is 83.8. The molecule has 0 heterocycles. The van der Waals surface area contributed by atoms with E-state index in [-0.39, 0.29) is 21.5 Å². The summed E-state index contributed by atoms with van der Waals surface area (Å²) in [7, 11) is 0. The van der Waals surface area contributed by atoms with Gasteiger partial charge in [-0.05, 0) is 24.3 Å². The molecule has 4 nitrogen and oxygen atoms in total. The summed E-state index contributed by atoms with van der Waals surface area (Å²) in [5.74, 6) is -0.779. The van der Waals surface area contributed by atoms with Gasteiger partial charge in [-0.1, -0.05) is 45.8 Å². The molecule has 0 aliphatic heterocycles. The first-order chi connectivity index (χ1) is 13.3. The van der Waals surface area contributed by atoms with E-state index in [1.807, 2.05) is 0 Å². The normalized spacial score (nSPS) is 11.3. The zero-order valence-electron chi connectivity index (χ0n) is 14.0. The molecular formula is C16H11Cl2F6IO4. The summed E-state index contributed by atoms with van der Waals surface area (Å²) in [4.78, 5) is 0. The Bertz CT molecular complexity index is 802. The van der Waals surface area contributed by atoms with Gasteiger partial charge in [0.25, 0.3) is 0 Å². The average Bonchev–Trinajstić information content (AvgIpc) is 2.55. The van der Waals surface area contributed by atoms with Crippen molar-refractivity contribution >= 4 is 45.8 Å². The summed E-state index contributed by atoms with van der Waals surface area (Å²) in [5.41, 5.74) is 0. The van der Waals surface area contributed by atoms with Crippen molar-refractivity contribution < 1.29 is 45.7 Å². The van der Waals surface area contributed by atoms with E-state index in [0.717, 1.165) is 34.8 Å². The molecule has 13 heteroatoms. The highest BCUT2D eigenvalue weighted by Gasteiger charge is 2.32. The van der Waals surface area contributed by atoms with Crippen LogP contribution in [0, 0.1) is 0 Å². The third-order valence-electron chi connectivity index (χ3n) is 2.62. The molecule has 162 valence electrons. The number of ether oxygens (including phenoxy) is 3. The van der Waals surface area contributed by atoms with E-state index in [2.05, 4.69) is 32.1 Å². The fourth-order valence-electron chi connectivity index (χ4n) is 1.63. The summed E-state index contributed by atoms with van der Waals surface area (Å²) in [6, 6.07) is 6.43. The van der Waals surface area contributed by atoms with Gasteiger partial charge in [-0.3, -0.25) is 0 Å². The summed E-state index contributed by atoms with van der Waals surface area (Å²) >= 11 is 13.2. The molecule has 2 aromatic carbocycles. The van der Waals surface area contributed by atoms with E-state index in [1.54, 1.807) is 0 Å². The van der Waals surface area contributed by atoms with Gasteiger partial charge >= 0.3 is 12.7 Å². The van der Waals surface area contributed by atoms with E-state index in [9.17, 15) is 26.3 Å².